The highest BCUT2D eigenvalue weighted by Gasteiger charge is 2.27. The summed E-state index contributed by atoms with van der Waals surface area (Å²) in [7, 11) is 3.11. The van der Waals surface area contributed by atoms with Gasteiger partial charge in [-0.05, 0) is 12.1 Å². The first-order valence-electron chi connectivity index (χ1n) is 7.68. The van der Waals surface area contributed by atoms with E-state index in [9.17, 15) is 10.1 Å². The van der Waals surface area contributed by atoms with Crippen molar-refractivity contribution in [2.24, 2.45) is 0 Å². The summed E-state index contributed by atoms with van der Waals surface area (Å²) in [5.41, 5.74) is 0.141. The fraction of sp³-hybridized carbons (Fsp3) is 0.400. The van der Waals surface area contributed by atoms with Crippen LogP contribution in [0.2, 0.25) is 5.15 Å². The molecule has 0 aromatic carbocycles. The molecule has 0 radical (unpaired) electrons. The van der Waals surface area contributed by atoms with Crippen LogP contribution in [-0.4, -0.2) is 60.4 Å². The number of nitrogens with one attached hydrogen (secondary N) is 1. The van der Waals surface area contributed by atoms with E-state index in [1.54, 1.807) is 31.3 Å². The molecule has 0 aliphatic carbocycles. The van der Waals surface area contributed by atoms with Gasteiger partial charge in [0.1, 0.15) is 6.33 Å². The van der Waals surface area contributed by atoms with Gasteiger partial charge in [0.15, 0.2) is 5.15 Å². The Hall–Kier alpha value is -2.56. The second-order valence-electron chi connectivity index (χ2n) is 5.09. The highest BCUT2D eigenvalue weighted by atomic mass is 35.5. The lowest BCUT2D eigenvalue weighted by molar-refractivity contribution is -0.383. The molecule has 0 fully saturated rings. The van der Waals surface area contributed by atoms with Crippen molar-refractivity contribution >= 4 is 34.6 Å². The van der Waals surface area contributed by atoms with Crippen LogP contribution in [0.3, 0.4) is 0 Å². The van der Waals surface area contributed by atoms with Crippen LogP contribution >= 0.6 is 11.6 Å². The molecule has 0 bridgehead atoms. The molecule has 2 aromatic heterocycles. The first-order valence-corrected chi connectivity index (χ1v) is 8.06. The van der Waals surface area contributed by atoms with Gasteiger partial charge < -0.3 is 19.7 Å². The van der Waals surface area contributed by atoms with Crippen molar-refractivity contribution in [3.05, 3.63) is 39.9 Å². The summed E-state index contributed by atoms with van der Waals surface area (Å²) in [5.74, 6) is 0.191. The van der Waals surface area contributed by atoms with Gasteiger partial charge in [-0.15, -0.1) is 0 Å². The maximum atomic E-state index is 11.7. The first-order chi connectivity index (χ1) is 12.6. The minimum Gasteiger partial charge on any atom is -0.383 e. The fourth-order valence-corrected chi connectivity index (χ4v) is 2.36. The molecule has 2 aromatic rings. The molecule has 0 atom stereocenters. The smallest absolute Gasteiger partial charge is 0.353 e. The summed E-state index contributed by atoms with van der Waals surface area (Å²) >= 11 is 6.02. The highest BCUT2D eigenvalue weighted by molar-refractivity contribution is 6.32. The van der Waals surface area contributed by atoms with Gasteiger partial charge in [0.2, 0.25) is 11.6 Å². The van der Waals surface area contributed by atoms with Gasteiger partial charge >= 0.3 is 5.69 Å². The number of nitrogens with zero attached hydrogens (tertiary/aromatic N) is 5. The number of rotatable bonds is 10. The second-order valence-corrected chi connectivity index (χ2v) is 5.45. The Morgan fingerprint density at radius 1 is 1.23 bits per heavy atom. The topological polar surface area (TPSA) is 116 Å². The molecule has 0 unspecified atom stereocenters. The van der Waals surface area contributed by atoms with E-state index in [1.807, 2.05) is 0 Å². The summed E-state index contributed by atoms with van der Waals surface area (Å²) in [6, 6.07) is 3.31. The van der Waals surface area contributed by atoms with Crippen LogP contribution in [0.4, 0.5) is 23.0 Å². The molecular formula is C15H19ClN6O4. The van der Waals surface area contributed by atoms with Gasteiger partial charge in [-0.25, -0.2) is 15.0 Å². The average molecular weight is 383 g/mol. The van der Waals surface area contributed by atoms with Crippen LogP contribution in [-0.2, 0) is 9.47 Å². The van der Waals surface area contributed by atoms with Crippen molar-refractivity contribution in [1.82, 2.24) is 15.0 Å². The third-order valence-corrected chi connectivity index (χ3v) is 3.73. The van der Waals surface area contributed by atoms with Crippen molar-refractivity contribution in [1.29, 1.82) is 0 Å². The summed E-state index contributed by atoms with van der Waals surface area (Å²) in [6.07, 6.45) is 2.77. The monoisotopic (exact) mass is 382 g/mol. The lowest BCUT2D eigenvalue weighted by Gasteiger charge is -2.23. The lowest BCUT2D eigenvalue weighted by atomic mass is 10.3. The summed E-state index contributed by atoms with van der Waals surface area (Å²) < 4.78 is 10.2. The highest BCUT2D eigenvalue weighted by Crippen LogP contribution is 2.34. The predicted molar refractivity (Wildman–Crippen MR) is 97.2 cm³/mol. The molecular weight excluding hydrogens is 364 g/mol. The Bertz CT molecular complexity index is 740. The van der Waals surface area contributed by atoms with Gasteiger partial charge in [0.25, 0.3) is 0 Å². The number of hydrogen-bond donors (Lipinski definition) is 1. The van der Waals surface area contributed by atoms with Crippen molar-refractivity contribution in [3.63, 3.8) is 0 Å². The zero-order valence-corrected chi connectivity index (χ0v) is 15.1. The van der Waals surface area contributed by atoms with Crippen molar-refractivity contribution < 1.29 is 14.4 Å². The lowest BCUT2D eigenvalue weighted by Crippen LogP contribution is -2.32. The zero-order valence-electron chi connectivity index (χ0n) is 14.4. The minimum atomic E-state index is -0.533. The van der Waals surface area contributed by atoms with Gasteiger partial charge in [-0.1, -0.05) is 11.6 Å². The third-order valence-electron chi connectivity index (χ3n) is 3.43. The summed E-state index contributed by atoms with van der Waals surface area (Å²) in [5, 5.41) is 14.7. The van der Waals surface area contributed by atoms with Crippen LogP contribution in [0.15, 0.2) is 24.7 Å². The van der Waals surface area contributed by atoms with E-state index >= 15 is 0 Å². The Balaban J connectivity index is 2.42. The van der Waals surface area contributed by atoms with E-state index in [0.717, 1.165) is 0 Å². The average Bonchev–Trinajstić information content (AvgIpc) is 2.63. The van der Waals surface area contributed by atoms with Crippen molar-refractivity contribution in [2.75, 3.05) is 50.7 Å². The molecule has 0 saturated carbocycles. The number of methoxy groups -OCH3 is 2. The van der Waals surface area contributed by atoms with Crippen molar-refractivity contribution in [3.8, 4) is 0 Å². The minimum absolute atomic E-state index is 0.0229. The molecule has 2 heterocycles. The Kier molecular flexibility index (Phi) is 7.45. The largest absolute Gasteiger partial charge is 0.383 e. The number of nitro groups is 1. The number of halogens is 1. The summed E-state index contributed by atoms with van der Waals surface area (Å²) in [4.78, 5) is 24.9. The van der Waals surface area contributed by atoms with E-state index in [2.05, 4.69) is 20.3 Å². The van der Waals surface area contributed by atoms with Crippen LogP contribution in [0, 0.1) is 10.1 Å². The van der Waals surface area contributed by atoms with Gasteiger partial charge in [0.05, 0.1) is 23.8 Å². The fourth-order valence-electron chi connectivity index (χ4n) is 2.19. The molecule has 2 rings (SSSR count). The maximum Gasteiger partial charge on any atom is 0.353 e. The second kappa shape index (κ2) is 9.80. The Morgan fingerprint density at radius 3 is 2.50 bits per heavy atom. The number of hydrogen-bond acceptors (Lipinski definition) is 9. The number of pyridine rings is 1. The van der Waals surface area contributed by atoms with Gasteiger partial charge in [-0.2, -0.15) is 0 Å². The van der Waals surface area contributed by atoms with Gasteiger partial charge in [0, 0.05) is 33.5 Å². The molecule has 11 heteroatoms. The maximum absolute atomic E-state index is 11.7. The van der Waals surface area contributed by atoms with E-state index in [4.69, 9.17) is 21.1 Å². The standard InChI is InChI=1S/C15H19ClN6O4/c1-25-8-6-21(7-9-26-2)15-12(22(23)24)14(18-10-19-15)20-11-4-3-5-17-13(11)16/h3-5,10H,6-9H2,1-2H3,(H,18,19,20). The normalized spacial score (nSPS) is 10.6. The van der Waals surface area contributed by atoms with E-state index < -0.39 is 4.92 Å². The Labute approximate surface area is 155 Å². The van der Waals surface area contributed by atoms with Crippen molar-refractivity contribution in [2.45, 2.75) is 0 Å². The van der Waals surface area contributed by atoms with E-state index in [0.29, 0.717) is 32.0 Å². The van der Waals surface area contributed by atoms with E-state index in [-0.39, 0.29) is 22.5 Å². The Morgan fingerprint density at radius 2 is 1.92 bits per heavy atom. The van der Waals surface area contributed by atoms with Crippen LogP contribution in [0.1, 0.15) is 0 Å². The molecule has 10 nitrogen and oxygen atoms in total. The quantitative estimate of drug-likeness (QED) is 0.375. The molecule has 1 N–H and O–H groups in total. The summed E-state index contributed by atoms with van der Waals surface area (Å²) in [6.45, 7) is 1.57. The first kappa shape index (κ1) is 19.8. The van der Waals surface area contributed by atoms with E-state index in [1.165, 1.54) is 12.5 Å². The molecule has 0 saturated heterocycles. The van der Waals surface area contributed by atoms with Crippen LogP contribution < -0.4 is 10.2 Å². The van der Waals surface area contributed by atoms with Gasteiger partial charge in [-0.3, -0.25) is 10.1 Å². The molecule has 26 heavy (non-hydrogen) atoms. The number of aromatic nitrogens is 3. The number of ether oxygens (including phenoxy) is 2. The molecule has 0 aliphatic heterocycles. The van der Waals surface area contributed by atoms with Crippen LogP contribution in [0.25, 0.3) is 0 Å². The molecule has 140 valence electrons. The molecule has 0 aliphatic rings. The SMILES string of the molecule is COCCN(CCOC)c1ncnc(Nc2cccnc2Cl)c1[N+](=O)[O-]. The molecule has 0 spiro atoms. The zero-order chi connectivity index (χ0) is 18.9. The number of anilines is 3. The predicted octanol–water partition coefficient (Wildman–Crippen LogP) is 2.28. The van der Waals surface area contributed by atoms with Crippen LogP contribution in [0.5, 0.6) is 0 Å². The molecule has 0 amide bonds. The third kappa shape index (κ3) is 4.97.